The van der Waals surface area contributed by atoms with Crippen LogP contribution < -0.4 is 5.32 Å². The van der Waals surface area contributed by atoms with E-state index < -0.39 is 0 Å². The molecule has 104 valence electrons. The van der Waals surface area contributed by atoms with Gasteiger partial charge in [-0.3, -0.25) is 0 Å². The van der Waals surface area contributed by atoms with Gasteiger partial charge in [-0.1, -0.05) is 18.2 Å². The van der Waals surface area contributed by atoms with E-state index in [-0.39, 0.29) is 0 Å². The Kier molecular flexibility index (Phi) is 4.24. The Hall–Kier alpha value is -1.10. The Morgan fingerprint density at radius 3 is 2.90 bits per heavy atom. The van der Waals surface area contributed by atoms with Gasteiger partial charge in [-0.15, -0.1) is 11.3 Å². The summed E-state index contributed by atoms with van der Waals surface area (Å²) in [5.41, 5.74) is 2.65. The first-order valence-corrected chi connectivity index (χ1v) is 8.40. The molecule has 0 atom stereocenters. The minimum absolute atomic E-state index is 0.939. The Labute approximate surface area is 131 Å². The molecule has 0 saturated heterocycles. The molecule has 1 N–H and O–H groups in total. The van der Waals surface area contributed by atoms with E-state index >= 15 is 0 Å². The number of aromatic nitrogens is 1. The summed E-state index contributed by atoms with van der Waals surface area (Å²) in [6.07, 6.45) is 0. The fraction of sp³-hybridized carbons (Fsp3) is 0.250. The van der Waals surface area contributed by atoms with Crippen LogP contribution in [0, 0.1) is 6.92 Å². The summed E-state index contributed by atoms with van der Waals surface area (Å²) >= 11 is 5.27. The molecule has 0 aliphatic rings. The third kappa shape index (κ3) is 2.97. The fourth-order valence-electron chi connectivity index (χ4n) is 2.49. The molecule has 0 aliphatic heterocycles. The van der Waals surface area contributed by atoms with Crippen LogP contribution in [0.25, 0.3) is 10.9 Å². The van der Waals surface area contributed by atoms with Crippen molar-refractivity contribution in [3.8, 4) is 0 Å². The van der Waals surface area contributed by atoms with Crippen LogP contribution in [0.3, 0.4) is 0 Å². The second-order valence-corrected chi connectivity index (χ2v) is 6.82. The van der Waals surface area contributed by atoms with Gasteiger partial charge in [0.15, 0.2) is 0 Å². The fourth-order valence-corrected chi connectivity index (χ4v) is 3.91. The standard InChI is InChI=1S/C16H17BrN2S/c1-12-8-13-4-2-3-5-16(13)19(12)7-6-18-10-15-9-14(17)11-20-15/h2-5,8-9,11,18H,6-7,10H2,1H3. The summed E-state index contributed by atoms with van der Waals surface area (Å²) in [6, 6.07) is 13.0. The van der Waals surface area contributed by atoms with Crippen LogP contribution in [-0.4, -0.2) is 11.1 Å². The second kappa shape index (κ2) is 6.12. The van der Waals surface area contributed by atoms with E-state index in [1.807, 2.05) is 0 Å². The van der Waals surface area contributed by atoms with Gasteiger partial charge in [0.1, 0.15) is 0 Å². The minimum Gasteiger partial charge on any atom is -0.344 e. The zero-order valence-corrected chi connectivity index (χ0v) is 13.8. The van der Waals surface area contributed by atoms with E-state index in [1.165, 1.54) is 25.9 Å². The molecule has 0 amide bonds. The average Bonchev–Trinajstić information content (AvgIpc) is 2.98. The third-order valence-electron chi connectivity index (χ3n) is 3.45. The number of aryl methyl sites for hydroxylation is 1. The quantitative estimate of drug-likeness (QED) is 0.668. The van der Waals surface area contributed by atoms with Crippen molar-refractivity contribution in [2.24, 2.45) is 0 Å². The lowest BCUT2D eigenvalue weighted by molar-refractivity contribution is 0.605. The van der Waals surface area contributed by atoms with Crippen molar-refractivity contribution in [2.75, 3.05) is 6.54 Å². The molecular weight excluding hydrogens is 332 g/mol. The summed E-state index contributed by atoms with van der Waals surface area (Å²) in [7, 11) is 0. The van der Waals surface area contributed by atoms with Gasteiger partial charge in [0.25, 0.3) is 0 Å². The Bertz CT molecular complexity index is 714. The van der Waals surface area contributed by atoms with Crippen molar-refractivity contribution < 1.29 is 0 Å². The van der Waals surface area contributed by atoms with Crippen molar-refractivity contribution in [2.45, 2.75) is 20.0 Å². The van der Waals surface area contributed by atoms with Crippen molar-refractivity contribution in [3.63, 3.8) is 0 Å². The molecule has 20 heavy (non-hydrogen) atoms. The first-order chi connectivity index (χ1) is 9.74. The molecule has 3 aromatic rings. The number of hydrogen-bond acceptors (Lipinski definition) is 2. The largest absolute Gasteiger partial charge is 0.344 e. The van der Waals surface area contributed by atoms with Crippen LogP contribution in [0.2, 0.25) is 0 Å². The molecule has 0 radical (unpaired) electrons. The Balaban J connectivity index is 1.61. The van der Waals surface area contributed by atoms with Crippen molar-refractivity contribution in [1.29, 1.82) is 0 Å². The summed E-state index contributed by atoms with van der Waals surface area (Å²) < 4.78 is 3.55. The predicted octanol–water partition coefficient (Wildman–Crippen LogP) is 4.56. The van der Waals surface area contributed by atoms with Gasteiger partial charge < -0.3 is 9.88 Å². The van der Waals surface area contributed by atoms with Crippen LogP contribution in [0.15, 0.2) is 46.3 Å². The first-order valence-electron chi connectivity index (χ1n) is 6.72. The number of hydrogen-bond donors (Lipinski definition) is 1. The van der Waals surface area contributed by atoms with Crippen LogP contribution >= 0.6 is 27.3 Å². The lowest BCUT2D eigenvalue weighted by Gasteiger charge is -2.09. The molecule has 0 spiro atoms. The molecule has 2 nitrogen and oxygen atoms in total. The Morgan fingerprint density at radius 1 is 1.25 bits per heavy atom. The molecule has 2 aromatic heterocycles. The summed E-state index contributed by atoms with van der Waals surface area (Å²) in [4.78, 5) is 1.37. The van der Waals surface area contributed by atoms with E-state index in [0.29, 0.717) is 0 Å². The molecule has 0 fully saturated rings. The topological polar surface area (TPSA) is 17.0 Å². The molecular formula is C16H17BrN2S. The van der Waals surface area contributed by atoms with Gasteiger partial charge in [-0.25, -0.2) is 0 Å². The van der Waals surface area contributed by atoms with Gasteiger partial charge in [-0.2, -0.15) is 0 Å². The van der Waals surface area contributed by atoms with Gasteiger partial charge in [0, 0.05) is 45.6 Å². The summed E-state index contributed by atoms with van der Waals surface area (Å²) in [5, 5.41) is 6.97. The number of rotatable bonds is 5. The summed E-state index contributed by atoms with van der Waals surface area (Å²) in [5.74, 6) is 0. The lowest BCUT2D eigenvalue weighted by Crippen LogP contribution is -2.19. The number of fused-ring (bicyclic) bond motifs is 1. The maximum absolute atomic E-state index is 3.51. The highest BCUT2D eigenvalue weighted by molar-refractivity contribution is 9.10. The SMILES string of the molecule is Cc1cc2ccccc2n1CCNCc1cc(Br)cs1. The van der Waals surface area contributed by atoms with E-state index in [4.69, 9.17) is 0 Å². The van der Waals surface area contributed by atoms with Crippen LogP contribution in [0.4, 0.5) is 0 Å². The predicted molar refractivity (Wildman–Crippen MR) is 90.4 cm³/mol. The normalized spacial score (nSPS) is 11.3. The van der Waals surface area contributed by atoms with Crippen molar-refractivity contribution in [1.82, 2.24) is 9.88 Å². The molecule has 4 heteroatoms. The van der Waals surface area contributed by atoms with Crippen molar-refractivity contribution in [3.05, 3.63) is 56.8 Å². The number of para-hydroxylation sites is 1. The van der Waals surface area contributed by atoms with Crippen molar-refractivity contribution >= 4 is 38.2 Å². The summed E-state index contributed by atoms with van der Waals surface area (Å²) in [6.45, 7) is 5.10. The number of benzene rings is 1. The maximum atomic E-state index is 3.51. The first kappa shape index (κ1) is 13.9. The average molecular weight is 349 g/mol. The molecule has 1 aromatic carbocycles. The Morgan fingerprint density at radius 2 is 2.10 bits per heavy atom. The molecule has 3 rings (SSSR count). The number of thiophene rings is 1. The van der Waals surface area contributed by atoms with E-state index in [9.17, 15) is 0 Å². The van der Waals surface area contributed by atoms with Gasteiger partial charge in [-0.05, 0) is 46.4 Å². The zero-order chi connectivity index (χ0) is 13.9. The van der Waals surface area contributed by atoms with E-state index in [0.717, 1.165) is 19.6 Å². The van der Waals surface area contributed by atoms with Crippen LogP contribution in [-0.2, 0) is 13.1 Å². The third-order valence-corrected chi connectivity index (χ3v) is 5.15. The van der Waals surface area contributed by atoms with E-state index in [1.54, 1.807) is 11.3 Å². The van der Waals surface area contributed by atoms with Gasteiger partial charge >= 0.3 is 0 Å². The minimum atomic E-state index is 0.939. The van der Waals surface area contributed by atoms with Gasteiger partial charge in [0.05, 0.1) is 0 Å². The van der Waals surface area contributed by atoms with Crippen LogP contribution in [0.1, 0.15) is 10.6 Å². The van der Waals surface area contributed by atoms with Gasteiger partial charge in [0.2, 0.25) is 0 Å². The number of nitrogens with zero attached hydrogens (tertiary/aromatic N) is 1. The molecule has 0 unspecified atom stereocenters. The smallest absolute Gasteiger partial charge is 0.0482 e. The number of nitrogens with one attached hydrogen (secondary N) is 1. The van der Waals surface area contributed by atoms with E-state index in [2.05, 4.69) is 74.5 Å². The number of halogens is 1. The highest BCUT2D eigenvalue weighted by Crippen LogP contribution is 2.20. The monoisotopic (exact) mass is 348 g/mol. The highest BCUT2D eigenvalue weighted by Gasteiger charge is 2.04. The molecule has 2 heterocycles. The maximum Gasteiger partial charge on any atom is 0.0482 e. The zero-order valence-electron chi connectivity index (χ0n) is 11.4. The molecule has 0 bridgehead atoms. The second-order valence-electron chi connectivity index (χ2n) is 4.90. The highest BCUT2D eigenvalue weighted by atomic mass is 79.9. The molecule has 0 aliphatic carbocycles. The molecule has 0 saturated carbocycles. The lowest BCUT2D eigenvalue weighted by atomic mass is 10.2. The van der Waals surface area contributed by atoms with Crippen LogP contribution in [0.5, 0.6) is 0 Å².